The summed E-state index contributed by atoms with van der Waals surface area (Å²) in [5.41, 5.74) is 8.20. The summed E-state index contributed by atoms with van der Waals surface area (Å²) in [6.45, 7) is 5.45. The molecule has 0 saturated carbocycles. The van der Waals surface area contributed by atoms with E-state index in [0.29, 0.717) is 17.9 Å². The maximum atomic E-state index is 13.5. The van der Waals surface area contributed by atoms with Crippen molar-refractivity contribution in [1.29, 1.82) is 0 Å². The van der Waals surface area contributed by atoms with Crippen molar-refractivity contribution in [2.24, 2.45) is 5.73 Å². The van der Waals surface area contributed by atoms with Crippen molar-refractivity contribution in [3.8, 4) is 5.75 Å². The second kappa shape index (κ2) is 7.04. The van der Waals surface area contributed by atoms with Crippen LogP contribution in [0.1, 0.15) is 30.8 Å². The maximum absolute atomic E-state index is 13.5. The number of nitrogens with two attached hydrogens (primary N) is 1. The predicted molar refractivity (Wildman–Crippen MR) is 83.6 cm³/mol. The van der Waals surface area contributed by atoms with Crippen molar-refractivity contribution in [3.05, 3.63) is 45.4 Å². The normalized spacial score (nSPS) is 10.9. The first kappa shape index (κ1) is 16.0. The molecule has 0 unspecified atom stereocenters. The van der Waals surface area contributed by atoms with E-state index < -0.39 is 0 Å². The first-order valence-corrected chi connectivity index (χ1v) is 7.74. The van der Waals surface area contributed by atoms with Gasteiger partial charge in [-0.1, -0.05) is 6.92 Å². The molecule has 1 aromatic heterocycles. The molecule has 114 valence electrons. The van der Waals surface area contributed by atoms with Gasteiger partial charge in [0.05, 0.1) is 15.9 Å². The van der Waals surface area contributed by atoms with Gasteiger partial charge in [-0.3, -0.25) is 4.68 Å². The summed E-state index contributed by atoms with van der Waals surface area (Å²) in [6, 6.07) is 4.53. The largest absolute Gasteiger partial charge is 0.487 e. The van der Waals surface area contributed by atoms with E-state index in [-0.39, 0.29) is 12.4 Å². The van der Waals surface area contributed by atoms with Gasteiger partial charge < -0.3 is 10.5 Å². The first-order valence-electron chi connectivity index (χ1n) is 6.95. The summed E-state index contributed by atoms with van der Waals surface area (Å²) in [5, 5.41) is 4.51. The fourth-order valence-corrected chi connectivity index (χ4v) is 2.81. The molecule has 0 fully saturated rings. The van der Waals surface area contributed by atoms with Crippen LogP contribution in [0, 0.1) is 5.82 Å². The van der Waals surface area contributed by atoms with E-state index in [2.05, 4.69) is 28.0 Å². The molecule has 1 aromatic carbocycles. The van der Waals surface area contributed by atoms with Crippen LogP contribution in [-0.4, -0.2) is 9.78 Å². The number of benzene rings is 1. The van der Waals surface area contributed by atoms with E-state index in [1.165, 1.54) is 12.1 Å². The summed E-state index contributed by atoms with van der Waals surface area (Å²) in [7, 11) is 0. The Kier molecular flexibility index (Phi) is 5.36. The Balaban J connectivity index is 2.20. The predicted octanol–water partition coefficient (Wildman–Crippen LogP) is 3.40. The van der Waals surface area contributed by atoms with Crippen LogP contribution >= 0.6 is 15.9 Å². The number of halogens is 2. The standard InChI is InChI=1S/C15H19BrFN3O/c1-3-13-15(16)14(20(4-2)19-13)9-21-12-6-10(8-18)5-11(17)7-12/h5-7H,3-4,8-9,18H2,1-2H3. The van der Waals surface area contributed by atoms with Crippen molar-refractivity contribution in [1.82, 2.24) is 9.78 Å². The van der Waals surface area contributed by atoms with Crippen LogP contribution in [0.2, 0.25) is 0 Å². The number of aryl methyl sites for hydroxylation is 2. The highest BCUT2D eigenvalue weighted by Crippen LogP contribution is 2.24. The Morgan fingerprint density at radius 1 is 1.33 bits per heavy atom. The number of ether oxygens (including phenoxy) is 1. The monoisotopic (exact) mass is 355 g/mol. The summed E-state index contributed by atoms with van der Waals surface area (Å²) >= 11 is 3.56. The topological polar surface area (TPSA) is 53.1 Å². The third-order valence-electron chi connectivity index (χ3n) is 3.24. The average Bonchev–Trinajstić information content (AvgIpc) is 2.80. The molecule has 0 aliphatic carbocycles. The van der Waals surface area contributed by atoms with Crippen LogP contribution in [0.15, 0.2) is 22.7 Å². The van der Waals surface area contributed by atoms with E-state index in [1.807, 2.05) is 11.6 Å². The lowest BCUT2D eigenvalue weighted by Gasteiger charge is -2.10. The van der Waals surface area contributed by atoms with Gasteiger partial charge >= 0.3 is 0 Å². The molecular weight excluding hydrogens is 337 g/mol. The highest BCUT2D eigenvalue weighted by molar-refractivity contribution is 9.10. The molecule has 21 heavy (non-hydrogen) atoms. The molecule has 0 bridgehead atoms. The van der Waals surface area contributed by atoms with Crippen molar-refractivity contribution in [3.63, 3.8) is 0 Å². The van der Waals surface area contributed by atoms with Crippen molar-refractivity contribution in [2.45, 2.75) is 40.0 Å². The van der Waals surface area contributed by atoms with Gasteiger partial charge in [-0.15, -0.1) is 0 Å². The molecule has 0 radical (unpaired) electrons. The second-order valence-corrected chi connectivity index (χ2v) is 5.46. The van der Waals surface area contributed by atoms with Crippen molar-refractivity contribution >= 4 is 15.9 Å². The molecule has 6 heteroatoms. The zero-order chi connectivity index (χ0) is 15.4. The zero-order valence-electron chi connectivity index (χ0n) is 12.2. The molecule has 4 nitrogen and oxygen atoms in total. The van der Waals surface area contributed by atoms with Crippen LogP contribution in [0.5, 0.6) is 5.75 Å². The summed E-state index contributed by atoms with van der Waals surface area (Å²) < 4.78 is 22.0. The molecule has 0 atom stereocenters. The Hall–Kier alpha value is -1.40. The van der Waals surface area contributed by atoms with Gasteiger partial charge in [-0.25, -0.2) is 4.39 Å². The Bertz CT molecular complexity index is 628. The summed E-state index contributed by atoms with van der Waals surface area (Å²) in [4.78, 5) is 0. The Morgan fingerprint density at radius 2 is 2.10 bits per heavy atom. The third kappa shape index (κ3) is 3.63. The van der Waals surface area contributed by atoms with Gasteiger partial charge in [0.15, 0.2) is 0 Å². The van der Waals surface area contributed by atoms with Crippen molar-refractivity contribution in [2.75, 3.05) is 0 Å². The highest BCUT2D eigenvalue weighted by Gasteiger charge is 2.14. The SMILES string of the molecule is CCc1nn(CC)c(COc2cc(F)cc(CN)c2)c1Br. The number of nitrogens with zero attached hydrogens (tertiary/aromatic N) is 2. The molecule has 0 amide bonds. The third-order valence-corrected chi connectivity index (χ3v) is 4.15. The van der Waals surface area contributed by atoms with Gasteiger partial charge in [0.2, 0.25) is 0 Å². The fourth-order valence-electron chi connectivity index (χ4n) is 2.13. The van der Waals surface area contributed by atoms with Crippen LogP contribution in [0.3, 0.4) is 0 Å². The second-order valence-electron chi connectivity index (χ2n) is 4.66. The van der Waals surface area contributed by atoms with Crippen LogP contribution in [0.4, 0.5) is 4.39 Å². The van der Waals surface area contributed by atoms with Crippen molar-refractivity contribution < 1.29 is 9.13 Å². The summed E-state index contributed by atoms with van der Waals surface area (Å²) in [5.74, 6) is 0.134. The quantitative estimate of drug-likeness (QED) is 0.863. The molecule has 2 N–H and O–H groups in total. The molecule has 0 aliphatic rings. The minimum absolute atomic E-state index is 0.282. The minimum atomic E-state index is -0.342. The van der Waals surface area contributed by atoms with E-state index in [9.17, 15) is 4.39 Å². The zero-order valence-corrected chi connectivity index (χ0v) is 13.8. The van der Waals surface area contributed by atoms with E-state index in [1.54, 1.807) is 6.07 Å². The van der Waals surface area contributed by atoms with Gasteiger partial charge in [0.25, 0.3) is 0 Å². The van der Waals surface area contributed by atoms with E-state index in [4.69, 9.17) is 10.5 Å². The molecule has 0 spiro atoms. The van der Waals surface area contributed by atoms with Gasteiger partial charge in [0, 0.05) is 19.2 Å². The van der Waals surface area contributed by atoms with Crippen LogP contribution < -0.4 is 10.5 Å². The molecule has 0 aliphatic heterocycles. The molecule has 1 heterocycles. The molecule has 0 saturated heterocycles. The van der Waals surface area contributed by atoms with Gasteiger partial charge in [-0.2, -0.15) is 5.10 Å². The minimum Gasteiger partial charge on any atom is -0.487 e. The lowest BCUT2D eigenvalue weighted by Crippen LogP contribution is -2.07. The maximum Gasteiger partial charge on any atom is 0.131 e. The lowest BCUT2D eigenvalue weighted by atomic mass is 10.2. The Morgan fingerprint density at radius 3 is 2.71 bits per heavy atom. The van der Waals surface area contributed by atoms with Crippen LogP contribution in [-0.2, 0) is 26.1 Å². The highest BCUT2D eigenvalue weighted by atomic mass is 79.9. The number of rotatable bonds is 6. The van der Waals surface area contributed by atoms with E-state index in [0.717, 1.165) is 28.8 Å². The number of hydrogen-bond acceptors (Lipinski definition) is 3. The van der Waals surface area contributed by atoms with Gasteiger partial charge in [-0.05, 0) is 47.0 Å². The smallest absolute Gasteiger partial charge is 0.131 e. The van der Waals surface area contributed by atoms with E-state index >= 15 is 0 Å². The molecular formula is C15H19BrFN3O. The van der Waals surface area contributed by atoms with Gasteiger partial charge in [0.1, 0.15) is 18.2 Å². The summed E-state index contributed by atoms with van der Waals surface area (Å²) in [6.07, 6.45) is 0.845. The Labute approximate surface area is 132 Å². The average molecular weight is 356 g/mol. The fraction of sp³-hybridized carbons (Fsp3) is 0.400. The number of hydrogen-bond donors (Lipinski definition) is 1. The molecule has 2 aromatic rings. The van der Waals surface area contributed by atoms with Crippen LogP contribution in [0.25, 0.3) is 0 Å². The molecule has 2 rings (SSSR count). The first-order chi connectivity index (χ1) is 10.1. The number of aromatic nitrogens is 2. The lowest BCUT2D eigenvalue weighted by molar-refractivity contribution is 0.290.